The van der Waals surface area contributed by atoms with Gasteiger partial charge in [-0.05, 0) is 12.7 Å². The van der Waals surface area contributed by atoms with Crippen molar-refractivity contribution in [1.29, 1.82) is 0 Å². The van der Waals surface area contributed by atoms with Crippen LogP contribution < -0.4 is 10.6 Å². The number of amides is 1. The smallest absolute Gasteiger partial charge is 0.243 e. The summed E-state index contributed by atoms with van der Waals surface area (Å²) in [5.74, 6) is 1.23. The average Bonchev–Trinajstić information content (AvgIpc) is 2.98. The lowest BCUT2D eigenvalue weighted by atomic mass is 10.1. The lowest BCUT2D eigenvalue weighted by Crippen LogP contribution is -2.42. The second kappa shape index (κ2) is 9.89. The summed E-state index contributed by atoms with van der Waals surface area (Å²) in [7, 11) is 3.48. The van der Waals surface area contributed by atoms with E-state index in [-0.39, 0.29) is 12.5 Å². The van der Waals surface area contributed by atoms with E-state index in [0.29, 0.717) is 17.1 Å². The molecule has 6 nitrogen and oxygen atoms in total. The van der Waals surface area contributed by atoms with Gasteiger partial charge < -0.3 is 20.3 Å². The first-order valence-corrected chi connectivity index (χ1v) is 8.64. The highest BCUT2D eigenvalue weighted by atomic mass is 32.2. The molecule has 21 heavy (non-hydrogen) atoms. The van der Waals surface area contributed by atoms with Crippen molar-refractivity contribution in [3.8, 4) is 0 Å². The van der Waals surface area contributed by atoms with Crippen LogP contribution in [0.3, 0.4) is 0 Å². The maximum atomic E-state index is 11.6. The van der Waals surface area contributed by atoms with Gasteiger partial charge >= 0.3 is 0 Å². The van der Waals surface area contributed by atoms with Gasteiger partial charge in [-0.3, -0.25) is 4.79 Å². The van der Waals surface area contributed by atoms with E-state index in [1.54, 1.807) is 30.8 Å². The SMILES string of the molecule is CSC(C)CNC(=NCC(=O)N(C)C)NCC1CCOC1. The molecule has 0 aliphatic carbocycles. The molecule has 2 N–H and O–H groups in total. The van der Waals surface area contributed by atoms with E-state index < -0.39 is 0 Å². The molecule has 7 heteroatoms. The zero-order valence-corrected chi connectivity index (χ0v) is 14.3. The van der Waals surface area contributed by atoms with Crippen molar-refractivity contribution in [3.63, 3.8) is 0 Å². The van der Waals surface area contributed by atoms with Crippen LogP contribution in [0.1, 0.15) is 13.3 Å². The topological polar surface area (TPSA) is 66.0 Å². The monoisotopic (exact) mass is 316 g/mol. The number of hydrogen-bond acceptors (Lipinski definition) is 4. The van der Waals surface area contributed by atoms with Crippen LogP contribution in [-0.2, 0) is 9.53 Å². The van der Waals surface area contributed by atoms with Gasteiger partial charge in [0, 0.05) is 45.0 Å². The number of thioether (sulfide) groups is 1. The first kappa shape index (κ1) is 18.1. The molecule has 1 fully saturated rings. The summed E-state index contributed by atoms with van der Waals surface area (Å²) in [6, 6.07) is 0. The molecule has 1 amide bonds. The molecule has 0 aromatic rings. The number of nitrogens with one attached hydrogen (secondary N) is 2. The molecule has 1 rings (SSSR count). The molecule has 0 spiro atoms. The zero-order chi connectivity index (χ0) is 15.7. The second-order valence-electron chi connectivity index (χ2n) is 5.49. The van der Waals surface area contributed by atoms with E-state index in [0.717, 1.165) is 32.7 Å². The zero-order valence-electron chi connectivity index (χ0n) is 13.5. The number of rotatable bonds is 7. The van der Waals surface area contributed by atoms with Crippen molar-refractivity contribution in [2.24, 2.45) is 10.9 Å². The van der Waals surface area contributed by atoms with Gasteiger partial charge in [0.1, 0.15) is 6.54 Å². The Bertz CT molecular complexity index is 344. The minimum atomic E-state index is -0.00165. The Labute approximate surface area is 132 Å². The highest BCUT2D eigenvalue weighted by molar-refractivity contribution is 7.99. The summed E-state index contributed by atoms with van der Waals surface area (Å²) in [6.45, 7) is 5.62. The van der Waals surface area contributed by atoms with E-state index in [2.05, 4.69) is 28.8 Å². The number of likely N-dealkylation sites (N-methyl/N-ethyl adjacent to an activating group) is 1. The number of guanidine groups is 1. The number of aliphatic imine (C=N–C) groups is 1. The van der Waals surface area contributed by atoms with Crippen molar-refractivity contribution in [1.82, 2.24) is 15.5 Å². The Morgan fingerprint density at radius 2 is 2.24 bits per heavy atom. The maximum absolute atomic E-state index is 11.6. The van der Waals surface area contributed by atoms with Crippen molar-refractivity contribution in [2.45, 2.75) is 18.6 Å². The Morgan fingerprint density at radius 3 is 2.81 bits per heavy atom. The molecule has 0 aromatic heterocycles. The molecule has 0 saturated carbocycles. The number of ether oxygens (including phenoxy) is 1. The molecule has 1 aliphatic rings. The molecule has 122 valence electrons. The van der Waals surface area contributed by atoms with Gasteiger partial charge in [-0.25, -0.2) is 4.99 Å². The standard InChI is InChI=1S/C14H28N4O2S/c1-11(21-4)7-15-14(17-9-13(19)18(2)3)16-8-12-5-6-20-10-12/h11-12H,5-10H2,1-4H3,(H2,15,16,17). The molecule has 0 radical (unpaired) electrons. The largest absolute Gasteiger partial charge is 0.381 e. The van der Waals surface area contributed by atoms with E-state index in [4.69, 9.17) is 4.74 Å². The third kappa shape index (κ3) is 7.57. The van der Waals surface area contributed by atoms with Crippen LogP contribution in [-0.4, -0.2) is 75.2 Å². The third-order valence-corrected chi connectivity index (χ3v) is 4.38. The van der Waals surface area contributed by atoms with Gasteiger partial charge in [0.15, 0.2) is 5.96 Å². The van der Waals surface area contributed by atoms with Crippen molar-refractivity contribution >= 4 is 23.6 Å². The van der Waals surface area contributed by atoms with Gasteiger partial charge in [-0.15, -0.1) is 0 Å². The third-order valence-electron chi connectivity index (χ3n) is 3.41. The summed E-state index contributed by atoms with van der Waals surface area (Å²) in [6.07, 6.45) is 3.17. The van der Waals surface area contributed by atoms with Crippen molar-refractivity contribution in [3.05, 3.63) is 0 Å². The number of carbonyl (C=O) groups excluding carboxylic acids is 1. The van der Waals surface area contributed by atoms with Gasteiger partial charge in [0.2, 0.25) is 5.91 Å². The Kier molecular flexibility index (Phi) is 8.52. The lowest BCUT2D eigenvalue weighted by molar-refractivity contribution is -0.127. The van der Waals surface area contributed by atoms with Crippen LogP contribution in [0.2, 0.25) is 0 Å². The Hall–Kier alpha value is -0.950. The Balaban J connectivity index is 2.46. The molecule has 2 unspecified atom stereocenters. The predicted molar refractivity (Wildman–Crippen MR) is 88.9 cm³/mol. The van der Waals surface area contributed by atoms with Crippen molar-refractivity contribution < 1.29 is 9.53 Å². The molecule has 0 bridgehead atoms. The molecular weight excluding hydrogens is 288 g/mol. The molecule has 1 heterocycles. The molecule has 1 aliphatic heterocycles. The summed E-state index contributed by atoms with van der Waals surface area (Å²) < 4.78 is 5.37. The molecule has 1 saturated heterocycles. The van der Waals surface area contributed by atoms with E-state index in [1.807, 2.05) is 0 Å². The lowest BCUT2D eigenvalue weighted by Gasteiger charge is -2.17. The fourth-order valence-corrected chi connectivity index (χ4v) is 2.02. The predicted octanol–water partition coefficient (Wildman–Crippen LogP) is 0.398. The van der Waals surface area contributed by atoms with Crippen LogP contribution in [0, 0.1) is 5.92 Å². The molecule has 2 atom stereocenters. The van der Waals surface area contributed by atoms with Crippen LogP contribution in [0.15, 0.2) is 4.99 Å². The highest BCUT2D eigenvalue weighted by Gasteiger charge is 2.16. The first-order chi connectivity index (χ1) is 10.0. The van der Waals surface area contributed by atoms with Gasteiger partial charge in [-0.2, -0.15) is 11.8 Å². The number of nitrogens with zero attached hydrogens (tertiary/aromatic N) is 2. The minimum Gasteiger partial charge on any atom is -0.381 e. The first-order valence-electron chi connectivity index (χ1n) is 7.35. The molecular formula is C14H28N4O2S. The Morgan fingerprint density at radius 1 is 1.48 bits per heavy atom. The average molecular weight is 316 g/mol. The van der Waals surface area contributed by atoms with Gasteiger partial charge in [0.05, 0.1) is 6.61 Å². The number of carbonyl (C=O) groups is 1. The summed E-state index contributed by atoms with van der Waals surface area (Å²) in [5, 5.41) is 7.11. The van der Waals surface area contributed by atoms with E-state index in [1.165, 1.54) is 0 Å². The summed E-state index contributed by atoms with van der Waals surface area (Å²) in [5.41, 5.74) is 0. The van der Waals surface area contributed by atoms with E-state index >= 15 is 0 Å². The highest BCUT2D eigenvalue weighted by Crippen LogP contribution is 2.10. The molecule has 0 aromatic carbocycles. The fraction of sp³-hybridized carbons (Fsp3) is 0.857. The van der Waals surface area contributed by atoms with Gasteiger partial charge in [-0.1, -0.05) is 6.92 Å². The second-order valence-corrected chi connectivity index (χ2v) is 6.77. The quantitative estimate of drug-likeness (QED) is 0.526. The van der Waals surface area contributed by atoms with Crippen molar-refractivity contribution in [2.75, 3.05) is 53.2 Å². The summed E-state index contributed by atoms with van der Waals surface area (Å²) >= 11 is 1.80. The summed E-state index contributed by atoms with van der Waals surface area (Å²) in [4.78, 5) is 17.6. The minimum absolute atomic E-state index is 0.00165. The van der Waals surface area contributed by atoms with Crippen LogP contribution >= 0.6 is 11.8 Å². The normalized spacial score (nSPS) is 20.2. The van der Waals surface area contributed by atoms with Gasteiger partial charge in [0.25, 0.3) is 0 Å². The number of hydrogen-bond donors (Lipinski definition) is 2. The van der Waals surface area contributed by atoms with Crippen LogP contribution in [0.25, 0.3) is 0 Å². The van der Waals surface area contributed by atoms with Crippen LogP contribution in [0.4, 0.5) is 0 Å². The fourth-order valence-electron chi connectivity index (χ4n) is 1.77. The van der Waals surface area contributed by atoms with E-state index in [9.17, 15) is 4.79 Å². The van der Waals surface area contributed by atoms with Crippen LogP contribution in [0.5, 0.6) is 0 Å². The maximum Gasteiger partial charge on any atom is 0.243 e.